The first-order chi connectivity index (χ1) is 7.84. The minimum absolute atomic E-state index is 0.0808. The first-order valence-corrected chi connectivity index (χ1v) is 5.10. The van der Waals surface area contributed by atoms with Crippen LogP contribution in [0.1, 0.15) is 0 Å². The molecular formula is C13H10N2O. The number of rotatable bonds is 1. The smallest absolute Gasteiger partial charge is 0.248 e. The van der Waals surface area contributed by atoms with Crippen LogP contribution >= 0.6 is 0 Å². The highest BCUT2D eigenvalue weighted by atomic mass is 16.1. The van der Waals surface area contributed by atoms with Gasteiger partial charge in [-0.2, -0.15) is 0 Å². The van der Waals surface area contributed by atoms with Gasteiger partial charge in [0.25, 0.3) is 0 Å². The molecule has 0 unspecified atom stereocenters. The lowest BCUT2D eigenvalue weighted by molar-refractivity contribution is 1.24. The van der Waals surface area contributed by atoms with Gasteiger partial charge in [-0.05, 0) is 12.1 Å². The van der Waals surface area contributed by atoms with Crippen LogP contribution in [-0.2, 0) is 0 Å². The van der Waals surface area contributed by atoms with Crippen molar-refractivity contribution in [3.05, 3.63) is 59.0 Å². The average Bonchev–Trinajstić information content (AvgIpc) is 2.72. The number of para-hydroxylation sites is 1. The summed E-state index contributed by atoms with van der Waals surface area (Å²) in [6.07, 6.45) is 1.91. The Morgan fingerprint density at radius 3 is 2.69 bits per heavy atom. The van der Waals surface area contributed by atoms with Gasteiger partial charge in [-0.1, -0.05) is 24.3 Å². The molecule has 0 aliphatic carbocycles. The summed E-state index contributed by atoms with van der Waals surface area (Å²) in [5, 5.41) is 1.12. The first-order valence-electron chi connectivity index (χ1n) is 5.10. The predicted molar refractivity (Wildman–Crippen MR) is 64.4 cm³/mol. The zero-order chi connectivity index (χ0) is 11.0. The zero-order valence-electron chi connectivity index (χ0n) is 8.53. The first kappa shape index (κ1) is 8.97. The Balaban J connectivity index is 2.30. The van der Waals surface area contributed by atoms with Crippen LogP contribution in [0.15, 0.2) is 53.5 Å². The van der Waals surface area contributed by atoms with E-state index in [0.29, 0.717) is 0 Å². The fraction of sp³-hybridized carbons (Fsp3) is 0. The Hall–Kier alpha value is -2.29. The van der Waals surface area contributed by atoms with E-state index < -0.39 is 0 Å². The Morgan fingerprint density at radius 2 is 1.81 bits per heavy atom. The Labute approximate surface area is 91.8 Å². The van der Waals surface area contributed by atoms with Gasteiger partial charge in [-0.15, -0.1) is 0 Å². The van der Waals surface area contributed by atoms with Gasteiger partial charge in [-0.25, -0.2) is 0 Å². The van der Waals surface area contributed by atoms with Crippen LogP contribution in [0.3, 0.4) is 0 Å². The van der Waals surface area contributed by atoms with Gasteiger partial charge in [0.05, 0.1) is 5.69 Å². The molecule has 0 atom stereocenters. The molecule has 0 bridgehead atoms. The Morgan fingerprint density at radius 1 is 0.938 bits per heavy atom. The summed E-state index contributed by atoms with van der Waals surface area (Å²) < 4.78 is 0. The highest BCUT2D eigenvalue weighted by Gasteiger charge is 2.05. The molecule has 0 saturated heterocycles. The summed E-state index contributed by atoms with van der Waals surface area (Å²) in [6.45, 7) is 0. The van der Waals surface area contributed by atoms with Gasteiger partial charge < -0.3 is 9.97 Å². The largest absolute Gasteiger partial charge is 0.360 e. The molecule has 2 aromatic heterocycles. The minimum atomic E-state index is -0.0808. The van der Waals surface area contributed by atoms with E-state index in [1.54, 1.807) is 6.07 Å². The van der Waals surface area contributed by atoms with Gasteiger partial charge in [0.1, 0.15) is 0 Å². The summed E-state index contributed by atoms with van der Waals surface area (Å²) in [5.41, 5.74) is 2.85. The second kappa shape index (κ2) is 3.38. The van der Waals surface area contributed by atoms with E-state index >= 15 is 0 Å². The maximum atomic E-state index is 11.3. The summed E-state index contributed by atoms with van der Waals surface area (Å²) in [6, 6.07) is 13.2. The highest BCUT2D eigenvalue weighted by Crippen LogP contribution is 2.25. The van der Waals surface area contributed by atoms with Crippen LogP contribution in [-0.4, -0.2) is 9.97 Å². The molecule has 0 fully saturated rings. The third kappa shape index (κ3) is 1.34. The highest BCUT2D eigenvalue weighted by molar-refractivity contribution is 5.94. The van der Waals surface area contributed by atoms with Crippen molar-refractivity contribution in [1.82, 2.24) is 9.97 Å². The van der Waals surface area contributed by atoms with Crippen LogP contribution in [0.5, 0.6) is 0 Å². The van der Waals surface area contributed by atoms with Crippen molar-refractivity contribution in [2.45, 2.75) is 0 Å². The number of hydrogen-bond acceptors (Lipinski definition) is 1. The molecule has 3 heteroatoms. The van der Waals surface area contributed by atoms with Crippen LogP contribution in [0.2, 0.25) is 0 Å². The van der Waals surface area contributed by atoms with E-state index in [1.807, 2.05) is 36.5 Å². The number of nitrogens with one attached hydrogen (secondary N) is 2. The second-order valence-electron chi connectivity index (χ2n) is 3.68. The predicted octanol–water partition coefficient (Wildman–Crippen LogP) is 2.52. The SMILES string of the molecule is O=c1cccc(-c2c[nH]c3ccccc23)[nH]1. The zero-order valence-corrected chi connectivity index (χ0v) is 8.53. The molecule has 0 spiro atoms. The van der Waals surface area contributed by atoms with E-state index in [0.717, 1.165) is 22.2 Å². The Kier molecular flexibility index (Phi) is 1.90. The molecule has 1 aromatic carbocycles. The van der Waals surface area contributed by atoms with Gasteiger partial charge >= 0.3 is 0 Å². The molecule has 3 aromatic rings. The van der Waals surface area contributed by atoms with Crippen molar-refractivity contribution in [2.24, 2.45) is 0 Å². The molecule has 16 heavy (non-hydrogen) atoms. The molecule has 0 amide bonds. The summed E-state index contributed by atoms with van der Waals surface area (Å²) in [5.74, 6) is 0. The normalized spacial score (nSPS) is 10.8. The number of pyridine rings is 1. The van der Waals surface area contributed by atoms with Gasteiger partial charge in [0, 0.05) is 28.7 Å². The van der Waals surface area contributed by atoms with Crippen molar-refractivity contribution in [2.75, 3.05) is 0 Å². The van der Waals surface area contributed by atoms with Gasteiger partial charge in [0.2, 0.25) is 5.56 Å². The van der Waals surface area contributed by atoms with E-state index in [1.165, 1.54) is 6.07 Å². The number of fused-ring (bicyclic) bond motifs is 1. The quantitative estimate of drug-likeness (QED) is 0.637. The second-order valence-corrected chi connectivity index (χ2v) is 3.68. The molecule has 78 valence electrons. The van der Waals surface area contributed by atoms with Crippen molar-refractivity contribution in [1.29, 1.82) is 0 Å². The summed E-state index contributed by atoms with van der Waals surface area (Å²) in [7, 11) is 0. The molecule has 0 radical (unpaired) electrons. The van der Waals surface area contributed by atoms with Crippen molar-refractivity contribution in [3.63, 3.8) is 0 Å². The molecular weight excluding hydrogens is 200 g/mol. The third-order valence-electron chi connectivity index (χ3n) is 2.65. The van der Waals surface area contributed by atoms with Gasteiger partial charge in [-0.3, -0.25) is 4.79 Å². The lowest BCUT2D eigenvalue weighted by atomic mass is 10.1. The standard InChI is InChI=1S/C13H10N2O/c16-13-7-3-6-12(15-13)10-8-14-11-5-2-1-4-9(10)11/h1-8,14H,(H,15,16). The fourth-order valence-corrected chi connectivity index (χ4v) is 1.90. The average molecular weight is 210 g/mol. The molecule has 2 N–H and O–H groups in total. The monoisotopic (exact) mass is 210 g/mol. The third-order valence-corrected chi connectivity index (χ3v) is 2.65. The Bertz CT molecular complexity index is 694. The van der Waals surface area contributed by atoms with Crippen LogP contribution in [0.25, 0.3) is 22.2 Å². The van der Waals surface area contributed by atoms with E-state index in [2.05, 4.69) is 9.97 Å². The number of aromatic nitrogens is 2. The van der Waals surface area contributed by atoms with Gasteiger partial charge in [0.15, 0.2) is 0 Å². The van der Waals surface area contributed by atoms with E-state index in [-0.39, 0.29) is 5.56 Å². The molecule has 3 nitrogen and oxygen atoms in total. The number of hydrogen-bond donors (Lipinski definition) is 2. The number of H-pyrrole nitrogens is 2. The lowest BCUT2D eigenvalue weighted by Gasteiger charge is -1.98. The van der Waals surface area contributed by atoms with Crippen molar-refractivity contribution >= 4 is 10.9 Å². The lowest BCUT2D eigenvalue weighted by Crippen LogP contribution is -2.03. The molecule has 2 heterocycles. The van der Waals surface area contributed by atoms with Crippen LogP contribution < -0.4 is 5.56 Å². The number of aromatic amines is 2. The molecule has 0 aliphatic rings. The number of benzene rings is 1. The maximum Gasteiger partial charge on any atom is 0.248 e. The topological polar surface area (TPSA) is 48.6 Å². The van der Waals surface area contributed by atoms with Crippen molar-refractivity contribution < 1.29 is 0 Å². The van der Waals surface area contributed by atoms with E-state index in [9.17, 15) is 4.79 Å². The summed E-state index contributed by atoms with van der Waals surface area (Å²) in [4.78, 5) is 17.3. The van der Waals surface area contributed by atoms with E-state index in [4.69, 9.17) is 0 Å². The van der Waals surface area contributed by atoms with Crippen LogP contribution in [0.4, 0.5) is 0 Å². The molecule has 3 rings (SSSR count). The molecule has 0 aliphatic heterocycles. The summed E-state index contributed by atoms with van der Waals surface area (Å²) >= 11 is 0. The van der Waals surface area contributed by atoms with Crippen molar-refractivity contribution in [3.8, 4) is 11.3 Å². The maximum absolute atomic E-state index is 11.3. The minimum Gasteiger partial charge on any atom is -0.360 e. The van der Waals surface area contributed by atoms with Crippen LogP contribution in [0, 0.1) is 0 Å². The molecule has 0 saturated carbocycles. The fourth-order valence-electron chi connectivity index (χ4n) is 1.90.